The Morgan fingerprint density at radius 3 is 2.63 bits per heavy atom. The van der Waals surface area contributed by atoms with E-state index >= 15 is 0 Å². The van der Waals surface area contributed by atoms with Crippen LogP contribution in [0.1, 0.15) is 12.0 Å². The molecule has 0 saturated heterocycles. The fourth-order valence-electron chi connectivity index (χ4n) is 2.59. The largest absolute Gasteiger partial charge is 0.497 e. The Labute approximate surface area is 160 Å². The second-order valence-corrected chi connectivity index (χ2v) is 6.63. The zero-order valence-corrected chi connectivity index (χ0v) is 15.8. The fourth-order valence-corrected chi connectivity index (χ4v) is 3.33. The number of nitrogens with one attached hydrogen (secondary N) is 1. The second-order valence-electron chi connectivity index (χ2n) is 5.77. The molecule has 0 radical (unpaired) electrons. The molecule has 3 aromatic rings. The number of methoxy groups -OCH3 is 2. The summed E-state index contributed by atoms with van der Waals surface area (Å²) in [7, 11) is 3.19. The minimum absolute atomic E-state index is 0.139. The van der Waals surface area contributed by atoms with Gasteiger partial charge in [0.25, 0.3) is 0 Å². The Balaban J connectivity index is 1.61. The summed E-state index contributed by atoms with van der Waals surface area (Å²) in [6.45, 7) is 0. The predicted molar refractivity (Wildman–Crippen MR) is 104 cm³/mol. The number of aromatic nitrogens is 1. The van der Waals surface area contributed by atoms with Gasteiger partial charge < -0.3 is 14.8 Å². The molecule has 1 aromatic heterocycles. The van der Waals surface area contributed by atoms with Crippen LogP contribution in [0.2, 0.25) is 0 Å². The number of hydrogen-bond donors (Lipinski definition) is 1. The van der Waals surface area contributed by atoms with E-state index in [0.29, 0.717) is 17.2 Å². The molecule has 0 bridgehead atoms. The number of nitrogens with zero attached hydrogens (tertiary/aromatic N) is 1. The van der Waals surface area contributed by atoms with Gasteiger partial charge >= 0.3 is 0 Å². The summed E-state index contributed by atoms with van der Waals surface area (Å²) in [5, 5.41) is 5.14. The number of aryl methyl sites for hydroxylation is 1. The number of ether oxygens (including phenoxy) is 2. The van der Waals surface area contributed by atoms with Crippen molar-refractivity contribution in [3.8, 4) is 22.8 Å². The molecule has 1 N–H and O–H groups in total. The van der Waals surface area contributed by atoms with Crippen molar-refractivity contribution in [3.63, 3.8) is 0 Å². The van der Waals surface area contributed by atoms with E-state index in [1.165, 1.54) is 23.5 Å². The summed E-state index contributed by atoms with van der Waals surface area (Å²) in [6.07, 6.45) is 0.803. The molecule has 27 heavy (non-hydrogen) atoms. The average molecular weight is 386 g/mol. The summed E-state index contributed by atoms with van der Waals surface area (Å²) in [6, 6.07) is 11.6. The third-order valence-corrected chi connectivity index (χ3v) is 4.76. The van der Waals surface area contributed by atoms with Gasteiger partial charge in [-0.3, -0.25) is 4.79 Å². The minimum Gasteiger partial charge on any atom is -0.497 e. The van der Waals surface area contributed by atoms with Crippen molar-refractivity contribution >= 4 is 22.4 Å². The van der Waals surface area contributed by atoms with Gasteiger partial charge in [-0.15, -0.1) is 11.3 Å². The summed E-state index contributed by atoms with van der Waals surface area (Å²) in [4.78, 5) is 16.6. The quantitative estimate of drug-likeness (QED) is 0.648. The monoisotopic (exact) mass is 386 g/mol. The Hall–Kier alpha value is -2.93. The molecule has 1 heterocycles. The zero-order valence-electron chi connectivity index (χ0n) is 15.0. The first kappa shape index (κ1) is 18.8. The van der Waals surface area contributed by atoms with E-state index in [9.17, 15) is 9.18 Å². The molecule has 2 aromatic carbocycles. The van der Waals surface area contributed by atoms with Crippen LogP contribution in [-0.2, 0) is 11.2 Å². The highest BCUT2D eigenvalue weighted by Crippen LogP contribution is 2.27. The lowest BCUT2D eigenvalue weighted by atomic mass is 10.1. The number of carbonyl (C=O) groups excluding carboxylic acids is 1. The summed E-state index contributed by atoms with van der Waals surface area (Å²) in [5.41, 5.74) is 2.40. The number of benzene rings is 2. The third-order valence-electron chi connectivity index (χ3n) is 4.00. The molecule has 7 heteroatoms. The van der Waals surface area contributed by atoms with Crippen LogP contribution in [0.25, 0.3) is 11.3 Å². The van der Waals surface area contributed by atoms with Gasteiger partial charge in [0.15, 0.2) is 5.13 Å². The lowest BCUT2D eigenvalue weighted by Crippen LogP contribution is -2.12. The molecule has 0 aliphatic carbocycles. The SMILES string of the molecule is COc1ccc(OC)c(CCC(=O)Nc2nc(-c3ccc(F)cc3)cs2)c1. The number of thiazole rings is 1. The van der Waals surface area contributed by atoms with E-state index in [2.05, 4.69) is 10.3 Å². The highest BCUT2D eigenvalue weighted by atomic mass is 32.1. The van der Waals surface area contributed by atoms with Crippen molar-refractivity contribution < 1.29 is 18.7 Å². The number of rotatable bonds is 7. The van der Waals surface area contributed by atoms with Gasteiger partial charge in [0, 0.05) is 17.4 Å². The highest BCUT2D eigenvalue weighted by Gasteiger charge is 2.11. The third kappa shape index (κ3) is 4.83. The molecule has 0 atom stereocenters. The number of halogens is 1. The number of amides is 1. The Bertz CT molecular complexity index is 925. The van der Waals surface area contributed by atoms with Crippen LogP contribution in [0.15, 0.2) is 47.8 Å². The molecule has 1 amide bonds. The molecule has 0 fully saturated rings. The van der Waals surface area contributed by atoms with Crippen molar-refractivity contribution in [2.24, 2.45) is 0 Å². The van der Waals surface area contributed by atoms with E-state index in [1.807, 2.05) is 23.6 Å². The molecule has 140 valence electrons. The van der Waals surface area contributed by atoms with Crippen LogP contribution < -0.4 is 14.8 Å². The lowest BCUT2D eigenvalue weighted by molar-refractivity contribution is -0.116. The standard InChI is InChI=1S/C20H19FN2O3S/c1-25-16-8-9-18(26-2)14(11-16)5-10-19(24)23-20-22-17(12-27-20)13-3-6-15(21)7-4-13/h3-4,6-9,11-12H,5,10H2,1-2H3,(H,22,23,24). The van der Waals surface area contributed by atoms with Gasteiger partial charge in [-0.1, -0.05) is 0 Å². The molecule has 0 saturated carbocycles. The summed E-state index contributed by atoms with van der Waals surface area (Å²) in [5.74, 6) is 1.00. The second kappa shape index (κ2) is 8.64. The van der Waals surface area contributed by atoms with Gasteiger partial charge in [-0.05, 0) is 54.4 Å². The van der Waals surface area contributed by atoms with Gasteiger partial charge in [-0.25, -0.2) is 9.37 Å². The van der Waals surface area contributed by atoms with Crippen LogP contribution >= 0.6 is 11.3 Å². The number of hydrogen-bond acceptors (Lipinski definition) is 5. The fraction of sp³-hybridized carbons (Fsp3) is 0.200. The van der Waals surface area contributed by atoms with Crippen molar-refractivity contribution in [2.45, 2.75) is 12.8 Å². The van der Waals surface area contributed by atoms with Gasteiger partial charge in [-0.2, -0.15) is 0 Å². The topological polar surface area (TPSA) is 60.5 Å². The lowest BCUT2D eigenvalue weighted by Gasteiger charge is -2.10. The Kier molecular flexibility index (Phi) is 6.03. The molecular weight excluding hydrogens is 367 g/mol. The van der Waals surface area contributed by atoms with Crippen LogP contribution in [0.5, 0.6) is 11.5 Å². The molecule has 0 aliphatic heterocycles. The van der Waals surface area contributed by atoms with E-state index in [1.54, 1.807) is 26.4 Å². The maximum Gasteiger partial charge on any atom is 0.226 e. The molecule has 5 nitrogen and oxygen atoms in total. The first-order chi connectivity index (χ1) is 13.1. The van der Waals surface area contributed by atoms with Gasteiger partial charge in [0.2, 0.25) is 5.91 Å². The summed E-state index contributed by atoms with van der Waals surface area (Å²) >= 11 is 1.33. The van der Waals surface area contributed by atoms with Crippen LogP contribution in [0.3, 0.4) is 0 Å². The zero-order chi connectivity index (χ0) is 19.2. The summed E-state index contributed by atoms with van der Waals surface area (Å²) < 4.78 is 23.6. The minimum atomic E-state index is -0.296. The van der Waals surface area contributed by atoms with E-state index in [4.69, 9.17) is 9.47 Å². The maximum absolute atomic E-state index is 13.0. The number of carbonyl (C=O) groups is 1. The van der Waals surface area contributed by atoms with E-state index in [-0.39, 0.29) is 18.1 Å². The molecular formula is C20H19FN2O3S. The van der Waals surface area contributed by atoms with E-state index in [0.717, 1.165) is 22.6 Å². The molecule has 0 spiro atoms. The van der Waals surface area contributed by atoms with Crippen molar-refractivity contribution in [3.05, 3.63) is 59.2 Å². The van der Waals surface area contributed by atoms with Crippen LogP contribution in [-0.4, -0.2) is 25.1 Å². The van der Waals surface area contributed by atoms with Crippen molar-refractivity contribution in [1.82, 2.24) is 4.98 Å². The molecule has 0 unspecified atom stereocenters. The smallest absolute Gasteiger partial charge is 0.226 e. The first-order valence-electron chi connectivity index (χ1n) is 8.31. The highest BCUT2D eigenvalue weighted by molar-refractivity contribution is 7.14. The number of anilines is 1. The molecule has 0 aliphatic rings. The van der Waals surface area contributed by atoms with Gasteiger partial charge in [0.05, 0.1) is 19.9 Å². The Morgan fingerprint density at radius 2 is 1.93 bits per heavy atom. The van der Waals surface area contributed by atoms with Crippen LogP contribution in [0.4, 0.5) is 9.52 Å². The maximum atomic E-state index is 13.0. The first-order valence-corrected chi connectivity index (χ1v) is 9.19. The normalized spacial score (nSPS) is 10.5. The van der Waals surface area contributed by atoms with E-state index < -0.39 is 0 Å². The molecule has 3 rings (SSSR count). The predicted octanol–water partition coefficient (Wildman–Crippen LogP) is 4.54. The van der Waals surface area contributed by atoms with Crippen molar-refractivity contribution in [1.29, 1.82) is 0 Å². The van der Waals surface area contributed by atoms with Gasteiger partial charge in [0.1, 0.15) is 17.3 Å². The van der Waals surface area contributed by atoms with Crippen LogP contribution in [0, 0.1) is 5.82 Å². The van der Waals surface area contributed by atoms with Crippen molar-refractivity contribution in [2.75, 3.05) is 19.5 Å². The average Bonchev–Trinajstić information content (AvgIpc) is 3.15. The Morgan fingerprint density at radius 1 is 1.15 bits per heavy atom.